The van der Waals surface area contributed by atoms with Gasteiger partial charge in [-0.1, -0.05) is 12.1 Å². The summed E-state index contributed by atoms with van der Waals surface area (Å²) in [6.45, 7) is 2.43. The fourth-order valence-corrected chi connectivity index (χ4v) is 1.47. The Balaban J connectivity index is 2.31. The van der Waals surface area contributed by atoms with Gasteiger partial charge < -0.3 is 10.4 Å². The Morgan fingerprint density at radius 1 is 1.44 bits per heavy atom. The lowest BCUT2D eigenvalue weighted by molar-refractivity contribution is -0.136. The van der Waals surface area contributed by atoms with Crippen molar-refractivity contribution in [2.24, 2.45) is 0 Å². The Hall–Kier alpha value is -1.42. The number of nitrogens with one attached hydrogen (secondary N) is 1. The summed E-state index contributed by atoms with van der Waals surface area (Å²) in [5.74, 6) is -1.04. The largest absolute Gasteiger partial charge is 0.481 e. The van der Waals surface area contributed by atoms with Crippen LogP contribution in [0.3, 0.4) is 0 Å². The minimum atomic E-state index is -0.804. The molecule has 4 heteroatoms. The van der Waals surface area contributed by atoms with E-state index in [1.165, 1.54) is 12.1 Å². The normalized spacial score (nSPS) is 12.4. The Kier molecular flexibility index (Phi) is 4.92. The standard InChI is InChI=1S/C12H16FNO2/c1-9(14-7-6-12(15)16)8-10-2-4-11(13)5-3-10/h2-5,9,14H,6-8H2,1H3,(H,15,16). The highest BCUT2D eigenvalue weighted by atomic mass is 19.1. The van der Waals surface area contributed by atoms with Crippen LogP contribution in [0.5, 0.6) is 0 Å². The van der Waals surface area contributed by atoms with Crippen molar-refractivity contribution in [1.29, 1.82) is 0 Å². The number of carbonyl (C=O) groups is 1. The molecular weight excluding hydrogens is 209 g/mol. The maximum Gasteiger partial charge on any atom is 0.304 e. The van der Waals surface area contributed by atoms with Gasteiger partial charge in [0.05, 0.1) is 6.42 Å². The molecule has 88 valence electrons. The van der Waals surface area contributed by atoms with Crippen molar-refractivity contribution in [3.05, 3.63) is 35.6 Å². The first kappa shape index (κ1) is 12.6. The van der Waals surface area contributed by atoms with Crippen LogP contribution in [0.15, 0.2) is 24.3 Å². The van der Waals surface area contributed by atoms with E-state index in [1.807, 2.05) is 6.92 Å². The molecular formula is C12H16FNO2. The smallest absolute Gasteiger partial charge is 0.304 e. The van der Waals surface area contributed by atoms with Gasteiger partial charge in [0.2, 0.25) is 0 Å². The highest BCUT2D eigenvalue weighted by Gasteiger charge is 2.04. The zero-order valence-corrected chi connectivity index (χ0v) is 9.24. The summed E-state index contributed by atoms with van der Waals surface area (Å²) >= 11 is 0. The molecule has 0 saturated heterocycles. The van der Waals surface area contributed by atoms with Crippen molar-refractivity contribution < 1.29 is 14.3 Å². The van der Waals surface area contributed by atoms with Gasteiger partial charge in [0, 0.05) is 12.6 Å². The maximum absolute atomic E-state index is 12.6. The van der Waals surface area contributed by atoms with E-state index in [-0.39, 0.29) is 18.3 Å². The lowest BCUT2D eigenvalue weighted by Crippen LogP contribution is -2.30. The summed E-state index contributed by atoms with van der Waals surface area (Å²) in [6.07, 6.45) is 0.883. The molecule has 1 aromatic carbocycles. The first-order valence-electron chi connectivity index (χ1n) is 5.27. The zero-order chi connectivity index (χ0) is 12.0. The van der Waals surface area contributed by atoms with Crippen LogP contribution in [0.25, 0.3) is 0 Å². The summed E-state index contributed by atoms with van der Waals surface area (Å²) in [5, 5.41) is 11.6. The van der Waals surface area contributed by atoms with E-state index < -0.39 is 5.97 Å². The molecule has 1 atom stereocenters. The van der Waals surface area contributed by atoms with Gasteiger partial charge >= 0.3 is 5.97 Å². The van der Waals surface area contributed by atoms with Gasteiger partial charge in [0.15, 0.2) is 0 Å². The van der Waals surface area contributed by atoms with E-state index >= 15 is 0 Å². The number of carboxylic acids is 1. The molecule has 0 aromatic heterocycles. The van der Waals surface area contributed by atoms with Gasteiger partial charge in [0.25, 0.3) is 0 Å². The fraction of sp³-hybridized carbons (Fsp3) is 0.417. The molecule has 0 saturated carbocycles. The first-order chi connectivity index (χ1) is 7.58. The van der Waals surface area contributed by atoms with Gasteiger partial charge in [-0.15, -0.1) is 0 Å². The molecule has 0 fully saturated rings. The van der Waals surface area contributed by atoms with Crippen molar-refractivity contribution >= 4 is 5.97 Å². The highest BCUT2D eigenvalue weighted by Crippen LogP contribution is 2.05. The number of benzene rings is 1. The third-order valence-electron chi connectivity index (χ3n) is 2.29. The Morgan fingerprint density at radius 2 is 2.06 bits per heavy atom. The fourth-order valence-electron chi connectivity index (χ4n) is 1.47. The summed E-state index contributed by atoms with van der Waals surface area (Å²) < 4.78 is 12.6. The quantitative estimate of drug-likeness (QED) is 0.776. The SMILES string of the molecule is CC(Cc1ccc(F)cc1)NCCC(=O)O. The Morgan fingerprint density at radius 3 is 2.62 bits per heavy atom. The van der Waals surface area contributed by atoms with Gasteiger partial charge in [-0.3, -0.25) is 4.79 Å². The van der Waals surface area contributed by atoms with E-state index in [9.17, 15) is 9.18 Å². The number of hydrogen-bond donors (Lipinski definition) is 2. The predicted molar refractivity (Wildman–Crippen MR) is 59.8 cm³/mol. The van der Waals surface area contributed by atoms with Crippen LogP contribution in [0.2, 0.25) is 0 Å². The monoisotopic (exact) mass is 225 g/mol. The van der Waals surface area contributed by atoms with Gasteiger partial charge in [0.1, 0.15) is 5.82 Å². The molecule has 0 aliphatic carbocycles. The van der Waals surface area contributed by atoms with Crippen LogP contribution in [-0.4, -0.2) is 23.7 Å². The number of halogens is 1. The van der Waals surface area contributed by atoms with E-state index in [1.54, 1.807) is 12.1 Å². The second kappa shape index (κ2) is 6.23. The van der Waals surface area contributed by atoms with Crippen molar-refractivity contribution in [2.75, 3.05) is 6.54 Å². The second-order valence-electron chi connectivity index (χ2n) is 3.83. The second-order valence-corrected chi connectivity index (χ2v) is 3.83. The predicted octanol–water partition coefficient (Wildman–Crippen LogP) is 1.82. The Labute approximate surface area is 94.3 Å². The van der Waals surface area contributed by atoms with E-state index in [4.69, 9.17) is 5.11 Å². The van der Waals surface area contributed by atoms with Crippen LogP contribution in [0, 0.1) is 5.82 Å². The molecule has 16 heavy (non-hydrogen) atoms. The molecule has 1 unspecified atom stereocenters. The van der Waals surface area contributed by atoms with Crippen molar-refractivity contribution in [2.45, 2.75) is 25.8 Å². The van der Waals surface area contributed by atoms with Gasteiger partial charge in [-0.05, 0) is 31.0 Å². The molecule has 0 bridgehead atoms. The van der Waals surface area contributed by atoms with Gasteiger partial charge in [-0.25, -0.2) is 4.39 Å². The van der Waals surface area contributed by atoms with E-state index in [0.717, 1.165) is 12.0 Å². The molecule has 0 spiro atoms. The maximum atomic E-state index is 12.6. The van der Waals surface area contributed by atoms with Crippen LogP contribution in [-0.2, 0) is 11.2 Å². The number of hydrogen-bond acceptors (Lipinski definition) is 2. The molecule has 1 rings (SSSR count). The van der Waals surface area contributed by atoms with Crippen LogP contribution >= 0.6 is 0 Å². The summed E-state index contributed by atoms with van der Waals surface area (Å²) in [6, 6.07) is 6.53. The minimum absolute atomic E-state index is 0.119. The molecule has 0 amide bonds. The summed E-state index contributed by atoms with van der Waals surface area (Å²) in [7, 11) is 0. The van der Waals surface area contributed by atoms with Crippen molar-refractivity contribution in [3.63, 3.8) is 0 Å². The lowest BCUT2D eigenvalue weighted by Gasteiger charge is -2.12. The summed E-state index contributed by atoms with van der Waals surface area (Å²) in [4.78, 5) is 10.3. The molecule has 1 aromatic rings. The molecule has 0 aliphatic heterocycles. The average molecular weight is 225 g/mol. The molecule has 2 N–H and O–H groups in total. The van der Waals surface area contributed by atoms with Crippen LogP contribution < -0.4 is 5.32 Å². The van der Waals surface area contributed by atoms with Crippen LogP contribution in [0.4, 0.5) is 4.39 Å². The third-order valence-corrected chi connectivity index (χ3v) is 2.29. The van der Waals surface area contributed by atoms with Gasteiger partial charge in [-0.2, -0.15) is 0 Å². The van der Waals surface area contributed by atoms with E-state index in [0.29, 0.717) is 6.54 Å². The first-order valence-corrected chi connectivity index (χ1v) is 5.27. The lowest BCUT2D eigenvalue weighted by atomic mass is 10.1. The topological polar surface area (TPSA) is 49.3 Å². The number of rotatable bonds is 6. The minimum Gasteiger partial charge on any atom is -0.481 e. The molecule has 0 radical (unpaired) electrons. The van der Waals surface area contributed by atoms with Crippen molar-refractivity contribution in [3.8, 4) is 0 Å². The molecule has 0 aliphatic rings. The average Bonchev–Trinajstić information content (AvgIpc) is 2.21. The van der Waals surface area contributed by atoms with E-state index in [2.05, 4.69) is 5.32 Å². The zero-order valence-electron chi connectivity index (χ0n) is 9.24. The highest BCUT2D eigenvalue weighted by molar-refractivity contribution is 5.66. The Bertz CT molecular complexity index is 337. The number of aliphatic carboxylic acids is 1. The molecule has 3 nitrogen and oxygen atoms in total. The van der Waals surface area contributed by atoms with Crippen molar-refractivity contribution in [1.82, 2.24) is 5.32 Å². The number of carboxylic acid groups (broad SMARTS) is 1. The van der Waals surface area contributed by atoms with Crippen LogP contribution in [0.1, 0.15) is 18.9 Å². The molecule has 0 heterocycles. The summed E-state index contributed by atoms with van der Waals surface area (Å²) in [5.41, 5.74) is 1.04. The third kappa shape index (κ3) is 4.89.